The van der Waals surface area contributed by atoms with Crippen molar-refractivity contribution in [2.75, 3.05) is 13.1 Å². The average molecular weight is 247 g/mol. The van der Waals surface area contributed by atoms with Gasteiger partial charge in [0.2, 0.25) is 0 Å². The minimum absolute atomic E-state index is 0. The van der Waals surface area contributed by atoms with E-state index in [0.717, 1.165) is 18.5 Å². The highest BCUT2D eigenvalue weighted by atomic mass is 35.5. The monoisotopic (exact) mass is 246 g/mol. The lowest BCUT2D eigenvalue weighted by atomic mass is 9.95. The summed E-state index contributed by atoms with van der Waals surface area (Å²) < 4.78 is 0. The van der Waals surface area contributed by atoms with Gasteiger partial charge in [0, 0.05) is 18.1 Å². The summed E-state index contributed by atoms with van der Waals surface area (Å²) in [4.78, 5) is 2.66. The molecule has 0 aromatic heterocycles. The molecule has 0 amide bonds. The van der Waals surface area contributed by atoms with E-state index in [9.17, 15) is 0 Å². The Morgan fingerprint density at radius 1 is 1.12 bits per heavy atom. The Morgan fingerprint density at radius 2 is 1.75 bits per heavy atom. The number of nitrogens with zero attached hydrogens (tertiary/aromatic N) is 1. The quantitative estimate of drug-likeness (QED) is 0.830. The van der Waals surface area contributed by atoms with Gasteiger partial charge in [-0.15, -0.1) is 12.4 Å². The summed E-state index contributed by atoms with van der Waals surface area (Å²) in [6.45, 7) is 6.66. The second kappa shape index (κ2) is 5.70. The molecule has 2 aliphatic rings. The van der Waals surface area contributed by atoms with Crippen LogP contribution in [0, 0.1) is 5.92 Å². The molecule has 1 heterocycles. The van der Waals surface area contributed by atoms with Crippen molar-refractivity contribution in [3.05, 3.63) is 0 Å². The highest BCUT2D eigenvalue weighted by Crippen LogP contribution is 2.35. The molecule has 2 N–H and O–H groups in total. The standard InChI is InChI=1S/C13H26N2.ClH/c1-13(2,14)10-15-9-5-8-12(15)11-6-3-4-7-11;/h11-12H,3-10,14H2,1-2H3;1H. The minimum Gasteiger partial charge on any atom is -0.324 e. The Labute approximate surface area is 106 Å². The molecule has 1 atom stereocenters. The van der Waals surface area contributed by atoms with Gasteiger partial charge < -0.3 is 5.73 Å². The topological polar surface area (TPSA) is 29.3 Å². The molecule has 0 radical (unpaired) electrons. The zero-order valence-electron chi connectivity index (χ0n) is 10.7. The molecule has 1 saturated carbocycles. The van der Waals surface area contributed by atoms with Crippen molar-refractivity contribution in [2.24, 2.45) is 11.7 Å². The fourth-order valence-corrected chi connectivity index (χ4v) is 3.45. The third-order valence-electron chi connectivity index (χ3n) is 3.97. The molecule has 2 fully saturated rings. The van der Waals surface area contributed by atoms with E-state index in [0.29, 0.717) is 0 Å². The highest BCUT2D eigenvalue weighted by Gasteiger charge is 2.34. The third-order valence-corrected chi connectivity index (χ3v) is 3.97. The second-order valence-electron chi connectivity index (χ2n) is 6.21. The van der Waals surface area contributed by atoms with Crippen LogP contribution in [0.4, 0.5) is 0 Å². The smallest absolute Gasteiger partial charge is 0.0226 e. The maximum atomic E-state index is 6.13. The zero-order chi connectivity index (χ0) is 10.9. The van der Waals surface area contributed by atoms with E-state index in [1.807, 2.05) is 0 Å². The Balaban J connectivity index is 0.00000128. The van der Waals surface area contributed by atoms with E-state index in [4.69, 9.17) is 5.73 Å². The summed E-state index contributed by atoms with van der Waals surface area (Å²) in [5, 5.41) is 0. The van der Waals surface area contributed by atoms with Crippen molar-refractivity contribution < 1.29 is 0 Å². The lowest BCUT2D eigenvalue weighted by Crippen LogP contribution is -2.48. The maximum Gasteiger partial charge on any atom is 0.0226 e. The van der Waals surface area contributed by atoms with Crippen LogP contribution in [0.3, 0.4) is 0 Å². The SMILES string of the molecule is CC(C)(N)CN1CCCC1C1CCCC1.Cl. The van der Waals surface area contributed by atoms with Gasteiger partial charge in [-0.2, -0.15) is 0 Å². The molecule has 0 aromatic rings. The Morgan fingerprint density at radius 3 is 2.31 bits per heavy atom. The molecule has 1 aliphatic heterocycles. The van der Waals surface area contributed by atoms with Crippen LogP contribution >= 0.6 is 12.4 Å². The third kappa shape index (κ3) is 3.61. The molecule has 96 valence electrons. The molecule has 1 unspecified atom stereocenters. The Bertz CT molecular complexity index is 206. The average Bonchev–Trinajstić information content (AvgIpc) is 2.68. The van der Waals surface area contributed by atoms with Crippen molar-refractivity contribution in [3.63, 3.8) is 0 Å². The highest BCUT2D eigenvalue weighted by molar-refractivity contribution is 5.85. The maximum absolute atomic E-state index is 6.13. The zero-order valence-corrected chi connectivity index (χ0v) is 11.6. The van der Waals surface area contributed by atoms with Gasteiger partial charge in [0.1, 0.15) is 0 Å². The summed E-state index contributed by atoms with van der Waals surface area (Å²) in [5.74, 6) is 0.981. The Kier molecular flexibility index (Phi) is 5.09. The predicted molar refractivity (Wildman–Crippen MR) is 72.1 cm³/mol. The van der Waals surface area contributed by atoms with Gasteiger partial charge >= 0.3 is 0 Å². The molecule has 2 nitrogen and oxygen atoms in total. The van der Waals surface area contributed by atoms with E-state index in [1.165, 1.54) is 45.1 Å². The summed E-state index contributed by atoms with van der Waals surface area (Å²) >= 11 is 0. The number of likely N-dealkylation sites (tertiary alicyclic amines) is 1. The molecule has 16 heavy (non-hydrogen) atoms. The molecule has 1 saturated heterocycles. The van der Waals surface area contributed by atoms with Crippen molar-refractivity contribution in [3.8, 4) is 0 Å². The first-order valence-electron chi connectivity index (χ1n) is 6.59. The van der Waals surface area contributed by atoms with E-state index in [-0.39, 0.29) is 17.9 Å². The summed E-state index contributed by atoms with van der Waals surface area (Å²) in [5.41, 5.74) is 6.11. The van der Waals surface area contributed by atoms with Gasteiger partial charge in [-0.25, -0.2) is 0 Å². The molecule has 1 aliphatic carbocycles. The number of halogens is 1. The Hall–Kier alpha value is 0.210. The minimum atomic E-state index is -0.0266. The summed E-state index contributed by atoms with van der Waals surface area (Å²) in [7, 11) is 0. The van der Waals surface area contributed by atoms with Crippen LogP contribution < -0.4 is 5.73 Å². The molecule has 0 spiro atoms. The van der Waals surface area contributed by atoms with Crippen LogP contribution in [0.15, 0.2) is 0 Å². The molecular formula is C13H27ClN2. The second-order valence-corrected chi connectivity index (χ2v) is 6.21. The first kappa shape index (κ1) is 14.3. The molecule has 0 bridgehead atoms. The van der Waals surface area contributed by atoms with Gasteiger partial charge in [-0.3, -0.25) is 4.90 Å². The number of rotatable bonds is 3. The largest absolute Gasteiger partial charge is 0.324 e. The van der Waals surface area contributed by atoms with Gasteiger partial charge in [0.25, 0.3) is 0 Å². The molecular weight excluding hydrogens is 220 g/mol. The van der Waals surface area contributed by atoms with E-state index in [2.05, 4.69) is 18.7 Å². The molecule has 0 aromatic carbocycles. The number of hydrogen-bond donors (Lipinski definition) is 1. The van der Waals surface area contributed by atoms with E-state index >= 15 is 0 Å². The van der Waals surface area contributed by atoms with Crippen molar-refractivity contribution in [1.29, 1.82) is 0 Å². The first-order chi connectivity index (χ1) is 7.06. The lowest BCUT2D eigenvalue weighted by Gasteiger charge is -2.34. The van der Waals surface area contributed by atoms with E-state index in [1.54, 1.807) is 0 Å². The van der Waals surface area contributed by atoms with Crippen LogP contribution in [0.2, 0.25) is 0 Å². The fraction of sp³-hybridized carbons (Fsp3) is 1.00. The summed E-state index contributed by atoms with van der Waals surface area (Å²) in [6.07, 6.45) is 8.65. The van der Waals surface area contributed by atoms with Gasteiger partial charge in [-0.1, -0.05) is 12.8 Å². The van der Waals surface area contributed by atoms with Gasteiger partial charge in [-0.05, 0) is 52.0 Å². The van der Waals surface area contributed by atoms with Gasteiger partial charge in [0.05, 0.1) is 0 Å². The van der Waals surface area contributed by atoms with Crippen molar-refractivity contribution in [2.45, 2.75) is 64.0 Å². The van der Waals surface area contributed by atoms with Crippen molar-refractivity contribution in [1.82, 2.24) is 4.90 Å². The van der Waals surface area contributed by atoms with Crippen LogP contribution in [0.1, 0.15) is 52.4 Å². The van der Waals surface area contributed by atoms with Crippen LogP contribution in [-0.2, 0) is 0 Å². The summed E-state index contributed by atoms with van der Waals surface area (Å²) in [6, 6.07) is 0.857. The predicted octanol–water partition coefficient (Wildman–Crippen LogP) is 2.80. The normalized spacial score (nSPS) is 28.3. The van der Waals surface area contributed by atoms with Crippen molar-refractivity contribution >= 4 is 12.4 Å². The van der Waals surface area contributed by atoms with Crippen LogP contribution in [-0.4, -0.2) is 29.6 Å². The lowest BCUT2D eigenvalue weighted by molar-refractivity contribution is 0.162. The van der Waals surface area contributed by atoms with E-state index < -0.39 is 0 Å². The number of hydrogen-bond acceptors (Lipinski definition) is 2. The van der Waals surface area contributed by atoms with Crippen LogP contribution in [0.25, 0.3) is 0 Å². The fourth-order valence-electron chi connectivity index (χ4n) is 3.45. The first-order valence-corrected chi connectivity index (χ1v) is 6.59. The van der Waals surface area contributed by atoms with Crippen LogP contribution in [0.5, 0.6) is 0 Å². The number of nitrogens with two attached hydrogens (primary N) is 1. The molecule has 2 rings (SSSR count). The van der Waals surface area contributed by atoms with Gasteiger partial charge in [0.15, 0.2) is 0 Å². The molecule has 3 heteroatoms.